The molecule has 0 saturated heterocycles. The van der Waals surface area contributed by atoms with Gasteiger partial charge in [0, 0.05) is 34.4 Å². The van der Waals surface area contributed by atoms with E-state index in [4.69, 9.17) is 4.74 Å². The summed E-state index contributed by atoms with van der Waals surface area (Å²) in [5.41, 5.74) is 3.54. The van der Waals surface area contributed by atoms with E-state index in [1.807, 2.05) is 30.3 Å². The molecular formula is C16H12BrNO2. The summed E-state index contributed by atoms with van der Waals surface area (Å²) in [6.07, 6.45) is 6.00. The minimum absolute atomic E-state index is 0.0892. The van der Waals surface area contributed by atoms with Crippen molar-refractivity contribution in [1.29, 1.82) is 0 Å². The van der Waals surface area contributed by atoms with Gasteiger partial charge in [0.1, 0.15) is 5.75 Å². The first-order chi connectivity index (χ1) is 9.69. The summed E-state index contributed by atoms with van der Waals surface area (Å²) >= 11 is 3.44. The van der Waals surface area contributed by atoms with Gasteiger partial charge in [-0.1, -0.05) is 0 Å². The standard InChI is InChI=1S/C16H12BrNO2/c1-20-13-2-3-14-11(8-13)7-12(16(14)19)6-10-4-5-18-9-15(10)17/h2-6,8-9H,7H2,1H3/b12-6+. The Morgan fingerprint density at radius 3 is 2.95 bits per heavy atom. The summed E-state index contributed by atoms with van der Waals surface area (Å²) in [4.78, 5) is 16.4. The molecule has 0 atom stereocenters. The SMILES string of the molecule is COc1ccc2c(c1)C/C(=C\c1ccncc1Br)C2=O. The number of halogens is 1. The number of fused-ring (bicyclic) bond motifs is 1. The number of aromatic nitrogens is 1. The summed E-state index contributed by atoms with van der Waals surface area (Å²) in [6.45, 7) is 0. The third-order valence-electron chi connectivity index (χ3n) is 3.36. The molecule has 1 aromatic heterocycles. The van der Waals surface area contributed by atoms with Crippen LogP contribution in [0.4, 0.5) is 0 Å². The molecule has 0 bridgehead atoms. The quantitative estimate of drug-likeness (QED) is 0.789. The summed E-state index contributed by atoms with van der Waals surface area (Å²) < 4.78 is 6.08. The van der Waals surface area contributed by atoms with Crippen LogP contribution in [-0.4, -0.2) is 17.9 Å². The van der Waals surface area contributed by atoms with Gasteiger partial charge in [0.25, 0.3) is 0 Å². The van der Waals surface area contributed by atoms with Crippen molar-refractivity contribution >= 4 is 27.8 Å². The lowest BCUT2D eigenvalue weighted by Gasteiger charge is -2.01. The molecule has 0 unspecified atom stereocenters. The maximum absolute atomic E-state index is 12.4. The van der Waals surface area contributed by atoms with Crippen molar-refractivity contribution in [2.45, 2.75) is 6.42 Å². The van der Waals surface area contributed by atoms with Crippen molar-refractivity contribution in [2.24, 2.45) is 0 Å². The summed E-state index contributed by atoms with van der Waals surface area (Å²) in [6, 6.07) is 7.46. The van der Waals surface area contributed by atoms with Gasteiger partial charge in [0.15, 0.2) is 5.78 Å². The number of hydrogen-bond acceptors (Lipinski definition) is 3. The monoisotopic (exact) mass is 329 g/mol. The van der Waals surface area contributed by atoms with Crippen molar-refractivity contribution in [1.82, 2.24) is 4.98 Å². The largest absolute Gasteiger partial charge is 0.497 e. The lowest BCUT2D eigenvalue weighted by molar-refractivity contribution is 0.104. The fourth-order valence-electron chi connectivity index (χ4n) is 2.33. The number of benzene rings is 1. The number of allylic oxidation sites excluding steroid dienone is 1. The zero-order valence-electron chi connectivity index (χ0n) is 10.9. The second-order valence-corrected chi connectivity index (χ2v) is 5.45. The van der Waals surface area contributed by atoms with Crippen LogP contribution in [0.25, 0.3) is 6.08 Å². The predicted octanol–water partition coefficient (Wildman–Crippen LogP) is 3.68. The van der Waals surface area contributed by atoms with Crippen molar-refractivity contribution in [2.75, 3.05) is 7.11 Å². The molecule has 3 nitrogen and oxygen atoms in total. The van der Waals surface area contributed by atoms with Crippen molar-refractivity contribution in [3.05, 3.63) is 63.4 Å². The highest BCUT2D eigenvalue weighted by atomic mass is 79.9. The molecule has 4 heteroatoms. The molecule has 1 aliphatic rings. The number of ether oxygens (including phenoxy) is 1. The number of pyridine rings is 1. The van der Waals surface area contributed by atoms with Crippen LogP contribution in [0.5, 0.6) is 5.75 Å². The van der Waals surface area contributed by atoms with Gasteiger partial charge in [0.2, 0.25) is 0 Å². The van der Waals surface area contributed by atoms with Gasteiger partial charge >= 0.3 is 0 Å². The van der Waals surface area contributed by atoms with Gasteiger partial charge in [-0.05, 0) is 57.4 Å². The molecule has 1 heterocycles. The minimum Gasteiger partial charge on any atom is -0.497 e. The first-order valence-electron chi connectivity index (χ1n) is 6.21. The van der Waals surface area contributed by atoms with Crippen LogP contribution in [0.15, 0.2) is 46.7 Å². The Morgan fingerprint density at radius 2 is 2.20 bits per heavy atom. The van der Waals surface area contributed by atoms with Crippen LogP contribution in [0.1, 0.15) is 21.5 Å². The fourth-order valence-corrected chi connectivity index (χ4v) is 2.70. The number of rotatable bonds is 2. The Balaban J connectivity index is 1.99. The molecule has 3 rings (SSSR count). The average molecular weight is 330 g/mol. The zero-order valence-corrected chi connectivity index (χ0v) is 12.5. The first kappa shape index (κ1) is 13.1. The van der Waals surface area contributed by atoms with E-state index < -0.39 is 0 Å². The van der Waals surface area contributed by atoms with E-state index in [1.54, 1.807) is 19.5 Å². The van der Waals surface area contributed by atoms with Crippen molar-refractivity contribution in [3.8, 4) is 5.75 Å². The van der Waals surface area contributed by atoms with E-state index in [-0.39, 0.29) is 5.78 Å². The Labute approximate surface area is 125 Å². The molecule has 0 amide bonds. The molecule has 0 saturated carbocycles. The third-order valence-corrected chi connectivity index (χ3v) is 4.03. The summed E-state index contributed by atoms with van der Waals surface area (Å²) in [5.74, 6) is 0.870. The van der Waals surface area contributed by atoms with Gasteiger partial charge in [0.05, 0.1) is 7.11 Å². The highest BCUT2D eigenvalue weighted by Gasteiger charge is 2.25. The predicted molar refractivity (Wildman–Crippen MR) is 80.9 cm³/mol. The minimum atomic E-state index is 0.0892. The van der Waals surface area contributed by atoms with Crippen molar-refractivity contribution in [3.63, 3.8) is 0 Å². The lowest BCUT2D eigenvalue weighted by Crippen LogP contribution is -1.95. The Kier molecular flexibility index (Phi) is 3.40. The van der Waals surface area contributed by atoms with E-state index in [2.05, 4.69) is 20.9 Å². The second-order valence-electron chi connectivity index (χ2n) is 4.60. The average Bonchev–Trinajstić information content (AvgIpc) is 2.77. The maximum Gasteiger partial charge on any atom is 0.189 e. The Morgan fingerprint density at radius 1 is 1.35 bits per heavy atom. The van der Waals surface area contributed by atoms with E-state index in [0.29, 0.717) is 6.42 Å². The molecule has 0 radical (unpaired) electrons. The molecular weight excluding hydrogens is 318 g/mol. The lowest BCUT2D eigenvalue weighted by atomic mass is 10.1. The van der Waals surface area contributed by atoms with E-state index in [1.165, 1.54) is 0 Å². The maximum atomic E-state index is 12.4. The Hall–Kier alpha value is -1.94. The first-order valence-corrected chi connectivity index (χ1v) is 7.00. The van der Waals surface area contributed by atoms with Gasteiger partial charge in [-0.2, -0.15) is 0 Å². The van der Waals surface area contributed by atoms with E-state index in [9.17, 15) is 4.79 Å². The highest BCUT2D eigenvalue weighted by molar-refractivity contribution is 9.10. The summed E-state index contributed by atoms with van der Waals surface area (Å²) in [7, 11) is 1.63. The van der Waals surface area contributed by atoms with E-state index in [0.717, 1.165) is 32.5 Å². The molecule has 0 spiro atoms. The van der Waals surface area contributed by atoms with Crippen molar-refractivity contribution < 1.29 is 9.53 Å². The van der Waals surface area contributed by atoms with Gasteiger partial charge in [-0.15, -0.1) is 0 Å². The fraction of sp³-hybridized carbons (Fsp3) is 0.125. The molecule has 0 N–H and O–H groups in total. The molecule has 1 aliphatic carbocycles. The molecule has 1 aromatic carbocycles. The highest BCUT2D eigenvalue weighted by Crippen LogP contribution is 2.31. The smallest absolute Gasteiger partial charge is 0.189 e. The molecule has 20 heavy (non-hydrogen) atoms. The Bertz CT molecular complexity index is 722. The normalized spacial score (nSPS) is 15.5. The number of nitrogens with zero attached hydrogens (tertiary/aromatic N) is 1. The number of Topliss-reactive ketones (excluding diaryl/α,β-unsaturated/α-hetero) is 1. The number of hydrogen-bond donors (Lipinski definition) is 0. The number of carbonyl (C=O) groups is 1. The van der Waals surface area contributed by atoms with Crippen LogP contribution in [0.2, 0.25) is 0 Å². The number of carbonyl (C=O) groups excluding carboxylic acids is 1. The van der Waals surface area contributed by atoms with Gasteiger partial charge < -0.3 is 4.74 Å². The van der Waals surface area contributed by atoms with Crippen LogP contribution < -0.4 is 4.74 Å². The zero-order chi connectivity index (χ0) is 14.1. The number of methoxy groups -OCH3 is 1. The van der Waals surface area contributed by atoms with Crippen LogP contribution >= 0.6 is 15.9 Å². The molecule has 0 fully saturated rings. The van der Waals surface area contributed by atoms with Crippen LogP contribution in [0.3, 0.4) is 0 Å². The molecule has 0 aliphatic heterocycles. The topological polar surface area (TPSA) is 39.2 Å². The second kappa shape index (κ2) is 5.21. The van der Waals surface area contributed by atoms with E-state index >= 15 is 0 Å². The van der Waals surface area contributed by atoms with Crippen LogP contribution in [-0.2, 0) is 6.42 Å². The molecule has 100 valence electrons. The molecule has 2 aromatic rings. The van der Waals surface area contributed by atoms with Gasteiger partial charge in [-0.3, -0.25) is 9.78 Å². The summed E-state index contributed by atoms with van der Waals surface area (Å²) in [5, 5.41) is 0. The van der Waals surface area contributed by atoms with Crippen LogP contribution in [0, 0.1) is 0 Å². The van der Waals surface area contributed by atoms with Gasteiger partial charge in [-0.25, -0.2) is 0 Å². The number of ketones is 1. The third kappa shape index (κ3) is 2.27.